The first-order valence-corrected chi connectivity index (χ1v) is 8.06. The average Bonchev–Trinajstić information content (AvgIpc) is 2.69. The van der Waals surface area contributed by atoms with Gasteiger partial charge in [0.05, 0.1) is 0 Å². The zero-order valence-electron chi connectivity index (χ0n) is 10.6. The van der Waals surface area contributed by atoms with Crippen molar-refractivity contribution < 1.29 is 8.42 Å². The molecule has 1 aliphatic rings. The number of nitrogens with zero attached hydrogens (tertiary/aromatic N) is 3. The normalized spacial score (nSPS) is 23.4. The Kier molecular flexibility index (Phi) is 3.54. The summed E-state index contributed by atoms with van der Waals surface area (Å²) >= 11 is 3.11. The molecule has 0 saturated heterocycles. The molecule has 0 amide bonds. The van der Waals surface area contributed by atoms with Crippen molar-refractivity contribution in [2.24, 2.45) is 12.5 Å². The molecule has 1 fully saturated rings. The summed E-state index contributed by atoms with van der Waals surface area (Å²) < 4.78 is 28.8. The summed E-state index contributed by atoms with van der Waals surface area (Å²) in [4.78, 5) is 0. The van der Waals surface area contributed by atoms with E-state index in [-0.39, 0.29) is 21.1 Å². The minimum absolute atomic E-state index is 0.00759. The highest BCUT2D eigenvalue weighted by Gasteiger charge is 2.35. The van der Waals surface area contributed by atoms with Crippen molar-refractivity contribution in [1.29, 1.82) is 0 Å². The summed E-state index contributed by atoms with van der Waals surface area (Å²) in [7, 11) is -2.01. The van der Waals surface area contributed by atoms with Crippen molar-refractivity contribution in [2.75, 3.05) is 0 Å². The zero-order valence-corrected chi connectivity index (χ0v) is 13.0. The minimum atomic E-state index is -3.57. The largest absolute Gasteiger partial charge is 0.260 e. The zero-order chi connectivity index (χ0) is 13.6. The average molecular weight is 337 g/mol. The van der Waals surface area contributed by atoms with Crippen molar-refractivity contribution in [3.63, 3.8) is 0 Å². The summed E-state index contributed by atoms with van der Waals surface area (Å²) in [6.45, 7) is 4.31. The molecule has 1 aromatic heterocycles. The Morgan fingerprint density at radius 3 is 2.61 bits per heavy atom. The summed E-state index contributed by atoms with van der Waals surface area (Å²) in [5, 5.41) is 7.46. The highest BCUT2D eigenvalue weighted by Crippen LogP contribution is 2.37. The van der Waals surface area contributed by atoms with Gasteiger partial charge < -0.3 is 0 Å². The lowest BCUT2D eigenvalue weighted by Gasteiger charge is -2.17. The van der Waals surface area contributed by atoms with Crippen molar-refractivity contribution in [3.05, 3.63) is 4.60 Å². The number of aryl methyl sites for hydroxylation is 1. The third kappa shape index (κ3) is 2.75. The molecule has 1 aromatic rings. The predicted octanol–water partition coefficient (Wildman–Crippen LogP) is 1.43. The minimum Gasteiger partial charge on any atom is -0.235 e. The lowest BCUT2D eigenvalue weighted by molar-refractivity contribution is 0.372. The number of hydrogen-bond donors (Lipinski definition) is 1. The molecular weight excluding hydrogens is 320 g/mol. The Morgan fingerprint density at radius 2 is 2.17 bits per heavy atom. The molecule has 102 valence electrons. The maximum absolute atomic E-state index is 12.3. The maximum Gasteiger partial charge on any atom is 0.260 e. The second-order valence-corrected chi connectivity index (χ2v) is 7.91. The van der Waals surface area contributed by atoms with E-state index >= 15 is 0 Å². The molecule has 1 heterocycles. The number of rotatable bonds is 3. The summed E-state index contributed by atoms with van der Waals surface area (Å²) in [6, 6.07) is -0.00759. The van der Waals surface area contributed by atoms with Crippen LogP contribution in [-0.2, 0) is 17.1 Å². The molecule has 8 heteroatoms. The number of hydrogen-bond acceptors (Lipinski definition) is 4. The molecule has 0 bridgehead atoms. The van der Waals surface area contributed by atoms with Crippen molar-refractivity contribution in [2.45, 2.75) is 44.2 Å². The Balaban J connectivity index is 2.19. The third-order valence-electron chi connectivity index (χ3n) is 3.28. The van der Waals surface area contributed by atoms with Crippen molar-refractivity contribution in [3.8, 4) is 0 Å². The first-order valence-electron chi connectivity index (χ1n) is 5.79. The second kappa shape index (κ2) is 4.57. The Morgan fingerprint density at radius 1 is 1.50 bits per heavy atom. The summed E-state index contributed by atoms with van der Waals surface area (Å²) in [5.74, 6) is 0. The van der Waals surface area contributed by atoms with E-state index in [2.05, 4.69) is 44.8 Å². The molecule has 0 radical (unpaired) electrons. The van der Waals surface area contributed by atoms with Crippen LogP contribution >= 0.6 is 15.9 Å². The van der Waals surface area contributed by atoms with E-state index in [4.69, 9.17) is 0 Å². The second-order valence-electron chi connectivity index (χ2n) is 5.53. The fraction of sp³-hybridized carbons (Fsp3) is 0.800. The monoisotopic (exact) mass is 336 g/mol. The van der Waals surface area contributed by atoms with Crippen LogP contribution in [0.3, 0.4) is 0 Å². The number of sulfonamides is 1. The molecule has 2 rings (SSSR count). The van der Waals surface area contributed by atoms with Crippen LogP contribution in [0.25, 0.3) is 0 Å². The number of nitrogens with one attached hydrogen (secondary N) is 1. The van der Waals surface area contributed by atoms with E-state index in [0.29, 0.717) is 0 Å². The smallest absolute Gasteiger partial charge is 0.235 e. The lowest BCUT2D eigenvalue weighted by atomic mass is 9.92. The molecule has 18 heavy (non-hydrogen) atoms. The Hall–Kier alpha value is -0.470. The van der Waals surface area contributed by atoms with E-state index in [1.807, 2.05) is 0 Å². The van der Waals surface area contributed by atoms with E-state index < -0.39 is 10.0 Å². The Labute approximate surface area is 115 Å². The molecule has 0 aromatic carbocycles. The van der Waals surface area contributed by atoms with Crippen LogP contribution in [0.4, 0.5) is 0 Å². The molecule has 0 aliphatic heterocycles. The standard InChI is InChI=1S/C10H17BrN4O2S/c1-10(2)5-4-7(6-10)13-18(16,17)9-8(11)12-14-15(9)3/h7,13H,4-6H2,1-3H3. The predicted molar refractivity (Wildman–Crippen MR) is 70.4 cm³/mol. The van der Waals surface area contributed by atoms with Gasteiger partial charge in [0.2, 0.25) is 5.03 Å². The molecule has 1 N–H and O–H groups in total. The van der Waals surface area contributed by atoms with Gasteiger partial charge in [-0.15, -0.1) is 5.10 Å². The van der Waals surface area contributed by atoms with Gasteiger partial charge in [0, 0.05) is 13.1 Å². The van der Waals surface area contributed by atoms with Crippen LogP contribution in [0, 0.1) is 5.41 Å². The topological polar surface area (TPSA) is 76.9 Å². The first-order chi connectivity index (χ1) is 8.21. The molecule has 1 saturated carbocycles. The fourth-order valence-corrected chi connectivity index (χ4v) is 4.79. The fourth-order valence-electron chi connectivity index (χ4n) is 2.42. The molecule has 0 spiro atoms. The molecule has 1 atom stereocenters. The Bertz CT molecular complexity index is 533. The van der Waals surface area contributed by atoms with Crippen LogP contribution in [0.15, 0.2) is 9.63 Å². The SMILES string of the molecule is Cn1nnc(Br)c1S(=O)(=O)NC1CCC(C)(C)C1. The van der Waals surface area contributed by atoms with Gasteiger partial charge in [-0.2, -0.15) is 0 Å². The van der Waals surface area contributed by atoms with Crippen LogP contribution in [0.1, 0.15) is 33.1 Å². The van der Waals surface area contributed by atoms with Gasteiger partial charge in [-0.25, -0.2) is 17.8 Å². The van der Waals surface area contributed by atoms with E-state index in [9.17, 15) is 8.42 Å². The molecule has 1 aliphatic carbocycles. The maximum atomic E-state index is 12.3. The van der Waals surface area contributed by atoms with E-state index in [1.165, 1.54) is 4.68 Å². The van der Waals surface area contributed by atoms with Gasteiger partial charge in [0.15, 0.2) is 4.60 Å². The van der Waals surface area contributed by atoms with Gasteiger partial charge in [-0.1, -0.05) is 19.1 Å². The van der Waals surface area contributed by atoms with Crippen molar-refractivity contribution in [1.82, 2.24) is 19.7 Å². The van der Waals surface area contributed by atoms with Crippen LogP contribution in [0.2, 0.25) is 0 Å². The van der Waals surface area contributed by atoms with Gasteiger partial charge >= 0.3 is 0 Å². The van der Waals surface area contributed by atoms with Crippen molar-refractivity contribution >= 4 is 26.0 Å². The van der Waals surface area contributed by atoms with Crippen LogP contribution < -0.4 is 4.72 Å². The van der Waals surface area contributed by atoms with E-state index in [1.54, 1.807) is 7.05 Å². The summed E-state index contributed by atoms with van der Waals surface area (Å²) in [5.41, 5.74) is 0.203. The van der Waals surface area contributed by atoms with Crippen LogP contribution in [-0.4, -0.2) is 29.5 Å². The van der Waals surface area contributed by atoms with Gasteiger partial charge in [0.1, 0.15) is 0 Å². The quantitative estimate of drug-likeness (QED) is 0.905. The highest BCUT2D eigenvalue weighted by atomic mass is 79.9. The third-order valence-corrected chi connectivity index (χ3v) is 5.69. The highest BCUT2D eigenvalue weighted by molar-refractivity contribution is 9.10. The first kappa shape index (κ1) is 14.0. The van der Waals surface area contributed by atoms with E-state index in [0.717, 1.165) is 19.3 Å². The van der Waals surface area contributed by atoms with Gasteiger partial charge in [-0.05, 0) is 40.6 Å². The number of aromatic nitrogens is 3. The molecular formula is C10H17BrN4O2S. The molecule has 1 unspecified atom stereocenters. The summed E-state index contributed by atoms with van der Waals surface area (Å²) in [6.07, 6.45) is 2.76. The lowest BCUT2D eigenvalue weighted by Crippen LogP contribution is -2.34. The van der Waals surface area contributed by atoms with Crippen LogP contribution in [0.5, 0.6) is 0 Å². The van der Waals surface area contributed by atoms with Gasteiger partial charge in [-0.3, -0.25) is 0 Å². The number of halogens is 1. The molecule has 6 nitrogen and oxygen atoms in total. The van der Waals surface area contributed by atoms with Gasteiger partial charge in [0.25, 0.3) is 10.0 Å².